The molecule has 0 aliphatic heterocycles. The van der Waals surface area contributed by atoms with Gasteiger partial charge in [0.25, 0.3) is 0 Å². The SMILES string of the molecule is Cn1cc(-c2cc(Oc3cccnc3)ccn2)cn1. The standard InChI is InChI=1S/C14H12N4O/c1-18-10-11(8-17-18)14-7-12(4-6-16-14)19-13-3-2-5-15-9-13/h2-10H,1H3. The molecule has 3 aromatic heterocycles. The number of aryl methyl sites for hydroxylation is 1. The van der Waals surface area contributed by atoms with Crippen LogP contribution in [-0.2, 0) is 7.05 Å². The number of aromatic nitrogens is 4. The normalized spacial score (nSPS) is 10.4. The Labute approximate surface area is 110 Å². The Kier molecular flexibility index (Phi) is 2.94. The summed E-state index contributed by atoms with van der Waals surface area (Å²) in [5.74, 6) is 1.42. The van der Waals surface area contributed by atoms with E-state index in [1.165, 1.54) is 0 Å². The Morgan fingerprint density at radius 3 is 2.79 bits per heavy atom. The fourth-order valence-electron chi connectivity index (χ4n) is 1.73. The van der Waals surface area contributed by atoms with Gasteiger partial charge in [0.1, 0.15) is 11.5 Å². The van der Waals surface area contributed by atoms with Gasteiger partial charge in [-0.15, -0.1) is 0 Å². The van der Waals surface area contributed by atoms with E-state index >= 15 is 0 Å². The van der Waals surface area contributed by atoms with Crippen molar-refractivity contribution >= 4 is 0 Å². The maximum Gasteiger partial charge on any atom is 0.145 e. The predicted octanol–water partition coefficient (Wildman–Crippen LogP) is 2.67. The van der Waals surface area contributed by atoms with Crippen molar-refractivity contribution < 1.29 is 4.74 Å². The molecule has 0 atom stereocenters. The van der Waals surface area contributed by atoms with E-state index in [9.17, 15) is 0 Å². The molecule has 0 radical (unpaired) electrons. The molecule has 3 aromatic rings. The summed E-state index contributed by atoms with van der Waals surface area (Å²) in [5.41, 5.74) is 1.79. The predicted molar refractivity (Wildman–Crippen MR) is 70.8 cm³/mol. The molecule has 19 heavy (non-hydrogen) atoms. The van der Waals surface area contributed by atoms with Crippen molar-refractivity contribution in [2.75, 3.05) is 0 Å². The Balaban J connectivity index is 1.88. The molecular weight excluding hydrogens is 240 g/mol. The van der Waals surface area contributed by atoms with Gasteiger partial charge in [-0.05, 0) is 18.2 Å². The Hall–Kier alpha value is -2.69. The van der Waals surface area contributed by atoms with Crippen molar-refractivity contribution in [1.29, 1.82) is 0 Å². The number of nitrogens with zero attached hydrogens (tertiary/aromatic N) is 4. The van der Waals surface area contributed by atoms with Gasteiger partial charge in [0.2, 0.25) is 0 Å². The molecule has 5 nitrogen and oxygen atoms in total. The molecule has 0 aromatic carbocycles. The van der Waals surface area contributed by atoms with Crippen LogP contribution in [0.4, 0.5) is 0 Å². The molecular formula is C14H12N4O. The zero-order valence-corrected chi connectivity index (χ0v) is 10.4. The lowest BCUT2D eigenvalue weighted by Crippen LogP contribution is -1.88. The van der Waals surface area contributed by atoms with Crippen molar-refractivity contribution in [3.8, 4) is 22.8 Å². The maximum absolute atomic E-state index is 5.72. The largest absolute Gasteiger partial charge is 0.456 e. The lowest BCUT2D eigenvalue weighted by molar-refractivity contribution is 0.480. The maximum atomic E-state index is 5.72. The first kappa shape index (κ1) is 11.4. The van der Waals surface area contributed by atoms with Crippen LogP contribution < -0.4 is 4.74 Å². The molecule has 3 heterocycles. The lowest BCUT2D eigenvalue weighted by atomic mass is 10.2. The van der Waals surface area contributed by atoms with Crippen molar-refractivity contribution in [1.82, 2.24) is 19.7 Å². The fourth-order valence-corrected chi connectivity index (χ4v) is 1.73. The third kappa shape index (κ3) is 2.60. The van der Waals surface area contributed by atoms with Crippen LogP contribution in [-0.4, -0.2) is 19.7 Å². The van der Waals surface area contributed by atoms with E-state index in [4.69, 9.17) is 4.74 Å². The van der Waals surface area contributed by atoms with Crippen LogP contribution in [0.5, 0.6) is 11.5 Å². The minimum Gasteiger partial charge on any atom is -0.456 e. The molecule has 5 heteroatoms. The molecule has 94 valence electrons. The summed E-state index contributed by atoms with van der Waals surface area (Å²) in [4.78, 5) is 8.33. The van der Waals surface area contributed by atoms with Crippen LogP contribution in [0, 0.1) is 0 Å². The number of hydrogen-bond donors (Lipinski definition) is 0. The highest BCUT2D eigenvalue weighted by molar-refractivity contribution is 5.58. The van der Waals surface area contributed by atoms with E-state index in [1.54, 1.807) is 29.5 Å². The third-order valence-corrected chi connectivity index (χ3v) is 2.60. The Bertz CT molecular complexity index is 679. The zero-order chi connectivity index (χ0) is 13.1. The van der Waals surface area contributed by atoms with Crippen molar-refractivity contribution in [3.05, 3.63) is 55.2 Å². The van der Waals surface area contributed by atoms with Crippen molar-refractivity contribution in [2.45, 2.75) is 0 Å². The summed E-state index contributed by atoms with van der Waals surface area (Å²) < 4.78 is 7.46. The van der Waals surface area contributed by atoms with Crippen molar-refractivity contribution in [3.63, 3.8) is 0 Å². The highest BCUT2D eigenvalue weighted by atomic mass is 16.5. The van der Waals surface area contributed by atoms with Gasteiger partial charge in [-0.1, -0.05) is 0 Å². The lowest BCUT2D eigenvalue weighted by Gasteiger charge is -2.05. The summed E-state index contributed by atoms with van der Waals surface area (Å²) in [6.07, 6.45) is 8.78. The minimum atomic E-state index is 0.700. The fraction of sp³-hybridized carbons (Fsp3) is 0.0714. The quantitative estimate of drug-likeness (QED) is 0.719. The van der Waals surface area contributed by atoms with Crippen LogP contribution in [0.2, 0.25) is 0 Å². The molecule has 0 spiro atoms. The van der Waals surface area contributed by atoms with E-state index in [0.29, 0.717) is 5.75 Å². The molecule has 0 aliphatic carbocycles. The molecule has 0 bridgehead atoms. The average molecular weight is 252 g/mol. The summed E-state index contributed by atoms with van der Waals surface area (Å²) in [6, 6.07) is 7.38. The molecule has 3 rings (SSSR count). The topological polar surface area (TPSA) is 52.8 Å². The molecule has 0 saturated carbocycles. The van der Waals surface area contributed by atoms with Gasteiger partial charge in [0, 0.05) is 37.3 Å². The van der Waals surface area contributed by atoms with E-state index in [-0.39, 0.29) is 0 Å². The summed E-state index contributed by atoms with van der Waals surface area (Å²) in [7, 11) is 1.87. The second-order valence-corrected chi connectivity index (χ2v) is 4.07. The highest BCUT2D eigenvalue weighted by Crippen LogP contribution is 2.24. The Morgan fingerprint density at radius 1 is 1.11 bits per heavy atom. The second-order valence-electron chi connectivity index (χ2n) is 4.07. The van der Waals surface area contributed by atoms with Gasteiger partial charge >= 0.3 is 0 Å². The van der Waals surface area contributed by atoms with Crippen molar-refractivity contribution in [2.24, 2.45) is 7.05 Å². The van der Waals surface area contributed by atoms with Crippen LogP contribution in [0.1, 0.15) is 0 Å². The summed E-state index contributed by atoms with van der Waals surface area (Å²) >= 11 is 0. The second kappa shape index (κ2) is 4.89. The average Bonchev–Trinajstić information content (AvgIpc) is 2.87. The van der Waals surface area contributed by atoms with Gasteiger partial charge in [-0.2, -0.15) is 5.10 Å². The summed E-state index contributed by atoms with van der Waals surface area (Å²) in [6.45, 7) is 0. The monoisotopic (exact) mass is 252 g/mol. The first-order valence-electron chi connectivity index (χ1n) is 5.84. The van der Waals surface area contributed by atoms with E-state index in [1.807, 2.05) is 37.5 Å². The number of ether oxygens (including phenoxy) is 1. The van der Waals surface area contributed by atoms with Crippen LogP contribution in [0.25, 0.3) is 11.3 Å². The molecule has 0 fully saturated rings. The molecule has 0 unspecified atom stereocenters. The van der Waals surface area contributed by atoms with Gasteiger partial charge in [0.05, 0.1) is 18.1 Å². The molecule has 0 amide bonds. The summed E-state index contributed by atoms with van der Waals surface area (Å²) in [5, 5.41) is 4.13. The minimum absolute atomic E-state index is 0.700. The van der Waals surface area contributed by atoms with E-state index < -0.39 is 0 Å². The molecule has 0 N–H and O–H groups in total. The molecule has 0 saturated heterocycles. The van der Waals surface area contributed by atoms with Gasteiger partial charge in [0.15, 0.2) is 0 Å². The van der Waals surface area contributed by atoms with E-state index in [2.05, 4.69) is 15.1 Å². The third-order valence-electron chi connectivity index (χ3n) is 2.60. The van der Waals surface area contributed by atoms with Gasteiger partial charge < -0.3 is 4.74 Å². The Morgan fingerprint density at radius 2 is 2.05 bits per heavy atom. The van der Waals surface area contributed by atoms with Gasteiger partial charge in [-0.3, -0.25) is 14.6 Å². The first-order valence-corrected chi connectivity index (χ1v) is 5.84. The van der Waals surface area contributed by atoms with Crippen LogP contribution in [0.3, 0.4) is 0 Å². The van der Waals surface area contributed by atoms with E-state index in [0.717, 1.165) is 17.0 Å². The van der Waals surface area contributed by atoms with Crippen LogP contribution >= 0.6 is 0 Å². The number of rotatable bonds is 3. The highest BCUT2D eigenvalue weighted by Gasteiger charge is 2.04. The van der Waals surface area contributed by atoms with Gasteiger partial charge in [-0.25, -0.2) is 0 Å². The molecule has 0 aliphatic rings. The smallest absolute Gasteiger partial charge is 0.145 e. The first-order chi connectivity index (χ1) is 9.31. The van der Waals surface area contributed by atoms with Crippen LogP contribution in [0.15, 0.2) is 55.2 Å². The number of hydrogen-bond acceptors (Lipinski definition) is 4. The number of pyridine rings is 2. The zero-order valence-electron chi connectivity index (χ0n) is 10.4.